The van der Waals surface area contributed by atoms with E-state index in [0.717, 1.165) is 12.8 Å². The number of hydrogen-bond acceptors (Lipinski definition) is 4. The minimum atomic E-state index is -1.05. The maximum Gasteiger partial charge on any atom is 0.335 e. The van der Waals surface area contributed by atoms with Crippen LogP contribution in [0.25, 0.3) is 0 Å². The molecule has 0 saturated heterocycles. The monoisotopic (exact) mass is 295 g/mol. The van der Waals surface area contributed by atoms with Gasteiger partial charge < -0.3 is 19.9 Å². The fourth-order valence-electron chi connectivity index (χ4n) is 1.67. The molecule has 0 aliphatic carbocycles. The Labute approximate surface area is 124 Å². The smallest absolute Gasteiger partial charge is 0.335 e. The molecule has 1 rings (SSSR count). The molecular formula is C15H21NO5. The van der Waals surface area contributed by atoms with Crippen molar-refractivity contribution in [3.63, 3.8) is 0 Å². The number of carboxylic acid groups (broad SMARTS) is 1. The number of methoxy groups -OCH3 is 1. The van der Waals surface area contributed by atoms with Gasteiger partial charge in [-0.3, -0.25) is 4.79 Å². The molecule has 0 saturated carbocycles. The van der Waals surface area contributed by atoms with Crippen LogP contribution in [0.3, 0.4) is 0 Å². The molecule has 6 heteroatoms. The van der Waals surface area contributed by atoms with Gasteiger partial charge in [0.25, 0.3) is 5.91 Å². The normalized spacial score (nSPS) is 11.6. The number of benzene rings is 1. The largest absolute Gasteiger partial charge is 0.493 e. The molecule has 0 aliphatic heterocycles. The van der Waals surface area contributed by atoms with Gasteiger partial charge in [0.05, 0.1) is 12.7 Å². The van der Waals surface area contributed by atoms with E-state index >= 15 is 0 Å². The van der Waals surface area contributed by atoms with Gasteiger partial charge in [-0.25, -0.2) is 4.79 Å². The summed E-state index contributed by atoms with van der Waals surface area (Å²) in [7, 11) is 1.42. The molecule has 1 unspecified atom stereocenters. The fourth-order valence-corrected chi connectivity index (χ4v) is 1.67. The van der Waals surface area contributed by atoms with Crippen LogP contribution in [0.2, 0.25) is 0 Å². The van der Waals surface area contributed by atoms with Gasteiger partial charge in [0.2, 0.25) is 0 Å². The first-order valence-corrected chi connectivity index (χ1v) is 6.85. The molecule has 116 valence electrons. The summed E-state index contributed by atoms with van der Waals surface area (Å²) in [4.78, 5) is 22.7. The zero-order chi connectivity index (χ0) is 15.8. The highest BCUT2D eigenvalue weighted by molar-refractivity contribution is 5.88. The lowest BCUT2D eigenvalue weighted by Gasteiger charge is -2.17. The van der Waals surface area contributed by atoms with Crippen LogP contribution in [0, 0.1) is 0 Å². The van der Waals surface area contributed by atoms with Crippen molar-refractivity contribution in [3.8, 4) is 11.5 Å². The third-order valence-corrected chi connectivity index (χ3v) is 2.91. The number of ether oxygens (including phenoxy) is 2. The predicted octanol–water partition coefficient (Wildman–Crippen LogP) is 2.08. The van der Waals surface area contributed by atoms with E-state index < -0.39 is 12.1 Å². The number of hydrogen-bond donors (Lipinski definition) is 2. The molecule has 6 nitrogen and oxygen atoms in total. The highest BCUT2D eigenvalue weighted by Gasteiger charge is 2.17. The third-order valence-electron chi connectivity index (χ3n) is 2.91. The fraction of sp³-hybridized carbons (Fsp3) is 0.467. The molecule has 0 radical (unpaired) electrons. The van der Waals surface area contributed by atoms with Gasteiger partial charge in [-0.05, 0) is 31.5 Å². The number of rotatable bonds is 8. The minimum absolute atomic E-state index is 0.0965. The average Bonchev–Trinajstić information content (AvgIpc) is 2.47. The van der Waals surface area contributed by atoms with Gasteiger partial charge in [0, 0.05) is 6.54 Å². The van der Waals surface area contributed by atoms with Crippen molar-refractivity contribution in [1.29, 1.82) is 0 Å². The van der Waals surface area contributed by atoms with Crippen LogP contribution in [-0.2, 0) is 4.79 Å². The Balaban J connectivity index is 2.73. The topological polar surface area (TPSA) is 84.9 Å². The Hall–Kier alpha value is -2.24. The van der Waals surface area contributed by atoms with Crippen LogP contribution in [0.5, 0.6) is 11.5 Å². The molecular weight excluding hydrogens is 274 g/mol. The molecule has 1 amide bonds. The molecule has 0 aromatic heterocycles. The second-order valence-electron chi connectivity index (χ2n) is 4.58. The summed E-state index contributed by atoms with van der Waals surface area (Å²) in [6.07, 6.45) is 1.22. The second-order valence-corrected chi connectivity index (χ2v) is 4.58. The number of carbonyl (C=O) groups is 2. The Kier molecular flexibility index (Phi) is 6.52. The van der Waals surface area contributed by atoms with Crippen LogP contribution in [-0.4, -0.2) is 36.7 Å². The number of amides is 1. The van der Waals surface area contributed by atoms with Crippen LogP contribution < -0.4 is 14.8 Å². The summed E-state index contributed by atoms with van der Waals surface area (Å²) in [5.74, 6) is -0.651. The van der Waals surface area contributed by atoms with Crippen molar-refractivity contribution in [2.45, 2.75) is 32.8 Å². The average molecular weight is 295 g/mol. The number of nitrogens with one attached hydrogen (secondary N) is 1. The lowest BCUT2D eigenvalue weighted by Crippen LogP contribution is -2.36. The number of carbonyl (C=O) groups excluding carboxylic acids is 1. The second kappa shape index (κ2) is 8.14. The van der Waals surface area contributed by atoms with Gasteiger partial charge in [-0.15, -0.1) is 0 Å². The van der Waals surface area contributed by atoms with Crippen molar-refractivity contribution in [3.05, 3.63) is 23.8 Å². The quantitative estimate of drug-likeness (QED) is 0.717. The maximum absolute atomic E-state index is 11.8. The van der Waals surface area contributed by atoms with E-state index in [4.69, 9.17) is 14.6 Å². The maximum atomic E-state index is 11.8. The van der Waals surface area contributed by atoms with E-state index in [0.29, 0.717) is 12.3 Å². The molecule has 0 fully saturated rings. The van der Waals surface area contributed by atoms with Crippen molar-refractivity contribution in [2.75, 3.05) is 13.7 Å². The van der Waals surface area contributed by atoms with Gasteiger partial charge in [0.15, 0.2) is 17.6 Å². The third kappa shape index (κ3) is 4.98. The molecule has 0 spiro atoms. The molecule has 0 heterocycles. The first-order chi connectivity index (χ1) is 9.99. The molecule has 1 aromatic rings. The Morgan fingerprint density at radius 2 is 2.05 bits per heavy atom. The molecule has 2 N–H and O–H groups in total. The summed E-state index contributed by atoms with van der Waals surface area (Å²) < 4.78 is 10.6. The first kappa shape index (κ1) is 16.8. The molecule has 0 bridgehead atoms. The van der Waals surface area contributed by atoms with Gasteiger partial charge in [-0.1, -0.05) is 13.3 Å². The summed E-state index contributed by atoms with van der Waals surface area (Å²) in [6, 6.07) is 4.25. The SMILES string of the molecule is CCCCNC(=O)C(C)Oc1ccc(C(=O)O)cc1OC. The lowest BCUT2D eigenvalue weighted by atomic mass is 10.2. The molecule has 1 atom stereocenters. The minimum Gasteiger partial charge on any atom is -0.493 e. The van der Waals surface area contributed by atoms with Crippen LogP contribution in [0.1, 0.15) is 37.0 Å². The standard InChI is InChI=1S/C15H21NO5/c1-4-5-8-16-14(17)10(2)21-12-7-6-11(15(18)19)9-13(12)20-3/h6-7,9-10H,4-5,8H2,1-3H3,(H,16,17)(H,18,19). The van der Waals surface area contributed by atoms with E-state index in [1.807, 2.05) is 6.92 Å². The first-order valence-electron chi connectivity index (χ1n) is 6.85. The number of aromatic carboxylic acids is 1. The van der Waals surface area contributed by atoms with Crippen molar-refractivity contribution in [1.82, 2.24) is 5.32 Å². The predicted molar refractivity (Wildman–Crippen MR) is 78.0 cm³/mol. The van der Waals surface area contributed by atoms with E-state index in [-0.39, 0.29) is 17.2 Å². The Bertz CT molecular complexity index is 501. The van der Waals surface area contributed by atoms with Crippen LogP contribution >= 0.6 is 0 Å². The van der Waals surface area contributed by atoms with Crippen molar-refractivity contribution in [2.24, 2.45) is 0 Å². The van der Waals surface area contributed by atoms with E-state index in [9.17, 15) is 9.59 Å². The zero-order valence-electron chi connectivity index (χ0n) is 12.5. The van der Waals surface area contributed by atoms with Crippen molar-refractivity contribution < 1.29 is 24.2 Å². The summed E-state index contributed by atoms with van der Waals surface area (Å²) in [5.41, 5.74) is 0.0965. The van der Waals surface area contributed by atoms with Crippen LogP contribution in [0.15, 0.2) is 18.2 Å². The molecule has 1 aromatic carbocycles. The summed E-state index contributed by atoms with van der Waals surface area (Å²) in [6.45, 7) is 4.28. The summed E-state index contributed by atoms with van der Waals surface area (Å²) >= 11 is 0. The van der Waals surface area contributed by atoms with Crippen LogP contribution in [0.4, 0.5) is 0 Å². The van der Waals surface area contributed by atoms with Gasteiger partial charge >= 0.3 is 5.97 Å². The van der Waals surface area contributed by atoms with E-state index in [2.05, 4.69) is 5.32 Å². The van der Waals surface area contributed by atoms with Gasteiger partial charge in [-0.2, -0.15) is 0 Å². The highest BCUT2D eigenvalue weighted by Crippen LogP contribution is 2.29. The van der Waals surface area contributed by atoms with E-state index in [1.165, 1.54) is 25.3 Å². The van der Waals surface area contributed by atoms with E-state index in [1.54, 1.807) is 6.92 Å². The van der Waals surface area contributed by atoms with Crippen molar-refractivity contribution >= 4 is 11.9 Å². The zero-order valence-corrected chi connectivity index (χ0v) is 12.5. The van der Waals surface area contributed by atoms with Gasteiger partial charge in [0.1, 0.15) is 0 Å². The molecule has 0 aliphatic rings. The molecule has 21 heavy (non-hydrogen) atoms. The highest BCUT2D eigenvalue weighted by atomic mass is 16.5. The number of unbranched alkanes of at least 4 members (excludes halogenated alkanes) is 1. The number of carboxylic acids is 1. The Morgan fingerprint density at radius 1 is 1.33 bits per heavy atom. The summed E-state index contributed by atoms with van der Waals surface area (Å²) in [5, 5.41) is 11.7. The Morgan fingerprint density at radius 3 is 2.62 bits per heavy atom. The lowest BCUT2D eigenvalue weighted by molar-refractivity contribution is -0.127.